The Labute approximate surface area is 245 Å². The van der Waals surface area contributed by atoms with Gasteiger partial charge in [0.05, 0.1) is 51.4 Å². The van der Waals surface area contributed by atoms with Crippen LogP contribution in [0.25, 0.3) is 0 Å². The van der Waals surface area contributed by atoms with Crippen LogP contribution in [0.15, 0.2) is 24.3 Å². The number of methoxy groups -OCH3 is 2. The molecule has 0 spiro atoms. The van der Waals surface area contributed by atoms with Gasteiger partial charge in [0.25, 0.3) is 0 Å². The van der Waals surface area contributed by atoms with Gasteiger partial charge in [0, 0.05) is 37.8 Å². The van der Waals surface area contributed by atoms with Gasteiger partial charge in [0.2, 0.25) is 5.28 Å². The van der Waals surface area contributed by atoms with Crippen molar-refractivity contribution >= 4 is 29.5 Å². The van der Waals surface area contributed by atoms with E-state index in [0.29, 0.717) is 50.5 Å². The topological polar surface area (TPSA) is 121 Å². The molecule has 2 aliphatic rings. The zero-order valence-corrected chi connectivity index (χ0v) is 25.0. The molecule has 2 atom stereocenters. The minimum absolute atomic E-state index is 0.0547. The Kier molecular flexibility index (Phi) is 9.56. The highest BCUT2D eigenvalue weighted by molar-refractivity contribution is 6.28. The van der Waals surface area contributed by atoms with Gasteiger partial charge in [-0.2, -0.15) is 5.26 Å². The summed E-state index contributed by atoms with van der Waals surface area (Å²) in [4.78, 5) is 40.3. The monoisotopic (exact) mass is 584 g/mol. The number of benzene rings is 1. The number of halogens is 1. The second-order valence-electron chi connectivity index (χ2n) is 11.3. The summed E-state index contributed by atoms with van der Waals surface area (Å²) < 4.78 is 15.9. The Morgan fingerprint density at radius 2 is 1.85 bits per heavy atom. The van der Waals surface area contributed by atoms with Crippen LogP contribution in [0.2, 0.25) is 5.28 Å². The van der Waals surface area contributed by atoms with E-state index in [1.54, 1.807) is 12.0 Å². The van der Waals surface area contributed by atoms with E-state index >= 15 is 0 Å². The summed E-state index contributed by atoms with van der Waals surface area (Å²) in [7, 11) is 3.00. The summed E-state index contributed by atoms with van der Waals surface area (Å²) in [5.41, 5.74) is 1.98. The van der Waals surface area contributed by atoms with Crippen molar-refractivity contribution in [3.05, 3.63) is 46.4 Å². The number of hydrogen-bond acceptors (Lipinski definition) is 10. The van der Waals surface area contributed by atoms with Crippen LogP contribution in [0.1, 0.15) is 50.4 Å². The highest BCUT2D eigenvalue weighted by Gasteiger charge is 2.38. The van der Waals surface area contributed by atoms with Gasteiger partial charge in [-0.3, -0.25) is 9.69 Å². The van der Waals surface area contributed by atoms with E-state index in [1.165, 1.54) is 7.11 Å². The first-order valence-electron chi connectivity index (χ1n) is 13.6. The molecule has 0 aliphatic carbocycles. The van der Waals surface area contributed by atoms with Crippen molar-refractivity contribution in [2.24, 2.45) is 0 Å². The van der Waals surface area contributed by atoms with Crippen molar-refractivity contribution in [3.8, 4) is 11.8 Å². The van der Waals surface area contributed by atoms with E-state index in [9.17, 15) is 14.9 Å². The summed E-state index contributed by atoms with van der Waals surface area (Å²) in [6.45, 7) is 7.72. The second kappa shape index (κ2) is 12.9. The van der Waals surface area contributed by atoms with Gasteiger partial charge >= 0.3 is 12.1 Å². The van der Waals surface area contributed by atoms with E-state index < -0.39 is 11.7 Å². The van der Waals surface area contributed by atoms with Crippen LogP contribution in [-0.2, 0) is 33.8 Å². The molecule has 3 heterocycles. The summed E-state index contributed by atoms with van der Waals surface area (Å²) in [6, 6.07) is 9.74. The van der Waals surface area contributed by atoms with Crippen LogP contribution in [0.3, 0.4) is 0 Å². The number of aromatic nitrogens is 2. The Balaban J connectivity index is 1.64. The molecule has 41 heavy (non-hydrogen) atoms. The molecule has 1 aromatic carbocycles. The molecular formula is C29H37ClN6O5. The third kappa shape index (κ3) is 7.57. The van der Waals surface area contributed by atoms with E-state index in [4.69, 9.17) is 25.8 Å². The molecule has 0 unspecified atom stereocenters. The summed E-state index contributed by atoms with van der Waals surface area (Å²) in [5.74, 6) is 1.06. The number of nitriles is 1. The van der Waals surface area contributed by atoms with E-state index in [0.717, 1.165) is 16.9 Å². The van der Waals surface area contributed by atoms with Gasteiger partial charge in [-0.15, -0.1) is 0 Å². The molecule has 2 aliphatic heterocycles. The lowest BCUT2D eigenvalue weighted by molar-refractivity contribution is -0.141. The molecule has 11 nitrogen and oxygen atoms in total. The van der Waals surface area contributed by atoms with Gasteiger partial charge in [-0.1, -0.05) is 12.1 Å². The lowest BCUT2D eigenvalue weighted by Gasteiger charge is -2.47. The van der Waals surface area contributed by atoms with E-state index in [2.05, 4.69) is 25.8 Å². The number of fused-ring (bicyclic) bond motifs is 1. The number of piperazine rings is 1. The maximum Gasteiger partial charge on any atom is 0.410 e. The average Bonchev–Trinajstić information content (AvgIpc) is 2.93. The van der Waals surface area contributed by atoms with Crippen LogP contribution in [0.5, 0.6) is 5.75 Å². The minimum Gasteiger partial charge on any atom is -0.497 e. The molecule has 0 N–H and O–H groups in total. The second-order valence-corrected chi connectivity index (χ2v) is 11.6. The number of carbonyl (C=O) groups is 2. The third-order valence-electron chi connectivity index (χ3n) is 7.25. The lowest BCUT2D eigenvalue weighted by atomic mass is 9.98. The van der Waals surface area contributed by atoms with Crippen LogP contribution >= 0.6 is 11.6 Å². The zero-order chi connectivity index (χ0) is 29.7. The normalized spacial score (nSPS) is 19.2. The predicted octanol–water partition coefficient (Wildman–Crippen LogP) is 3.97. The van der Waals surface area contributed by atoms with Crippen LogP contribution in [-0.4, -0.2) is 83.4 Å². The minimum atomic E-state index is -0.617. The number of carbonyl (C=O) groups excluding carboxylic acids is 2. The number of amides is 1. The molecule has 4 rings (SSSR count). The van der Waals surface area contributed by atoms with Gasteiger partial charge < -0.3 is 24.0 Å². The number of nitrogens with zero attached hydrogens (tertiary/aromatic N) is 6. The number of anilines is 1. The first-order chi connectivity index (χ1) is 19.5. The quantitative estimate of drug-likeness (QED) is 0.349. The highest BCUT2D eigenvalue weighted by Crippen LogP contribution is 2.33. The number of ether oxygens (including phenoxy) is 3. The standard InChI is InChI=1S/C29H37ClN6O5/c1-29(2,3)41-28(38)34-13-11-23-24(18-34)32-27(30)33-26(23)36-17-20(10-12-31)35(16-21(36)14-25(37)40-5)15-19-6-8-22(39-4)9-7-19/h6-9,20-21H,10-11,13-18H2,1-5H3/t20-,21+/m0/s1. The van der Waals surface area contributed by atoms with Crippen LogP contribution < -0.4 is 9.64 Å². The largest absolute Gasteiger partial charge is 0.497 e. The Morgan fingerprint density at radius 3 is 2.49 bits per heavy atom. The number of hydrogen-bond donors (Lipinski definition) is 0. The highest BCUT2D eigenvalue weighted by atomic mass is 35.5. The van der Waals surface area contributed by atoms with Crippen molar-refractivity contribution in [1.29, 1.82) is 5.26 Å². The lowest BCUT2D eigenvalue weighted by Crippen LogP contribution is -2.59. The molecule has 2 aromatic rings. The molecule has 0 bridgehead atoms. The molecule has 12 heteroatoms. The average molecular weight is 585 g/mol. The van der Waals surface area contributed by atoms with Gasteiger partial charge in [-0.05, 0) is 56.5 Å². The fraction of sp³-hybridized carbons (Fsp3) is 0.552. The molecule has 1 amide bonds. The SMILES string of the molecule is COC(=O)C[C@@H]1CN(Cc2ccc(OC)cc2)[C@@H](CC#N)CN1c1nc(Cl)nc2c1CCN(C(=O)OC(C)(C)C)C2. The molecule has 220 valence electrons. The van der Waals surface area contributed by atoms with Gasteiger partial charge in [0.15, 0.2) is 0 Å². The Bertz CT molecular complexity index is 1290. The van der Waals surface area contributed by atoms with Crippen molar-refractivity contribution in [3.63, 3.8) is 0 Å². The maximum absolute atomic E-state index is 12.8. The van der Waals surface area contributed by atoms with E-state index in [-0.39, 0.29) is 36.3 Å². The van der Waals surface area contributed by atoms with Gasteiger partial charge in [-0.25, -0.2) is 14.8 Å². The zero-order valence-electron chi connectivity index (χ0n) is 24.2. The van der Waals surface area contributed by atoms with Crippen molar-refractivity contribution in [2.45, 2.75) is 70.8 Å². The fourth-order valence-electron chi connectivity index (χ4n) is 5.28. The van der Waals surface area contributed by atoms with Crippen molar-refractivity contribution < 1.29 is 23.8 Å². The molecule has 1 fully saturated rings. The van der Waals surface area contributed by atoms with E-state index in [1.807, 2.05) is 45.0 Å². The summed E-state index contributed by atoms with van der Waals surface area (Å²) in [5, 5.41) is 9.75. The predicted molar refractivity (Wildman–Crippen MR) is 153 cm³/mol. The molecular weight excluding hydrogens is 548 g/mol. The maximum atomic E-state index is 12.8. The van der Waals surface area contributed by atoms with Crippen LogP contribution in [0, 0.1) is 11.3 Å². The first kappa shape index (κ1) is 30.3. The fourth-order valence-corrected chi connectivity index (χ4v) is 5.46. The first-order valence-corrected chi connectivity index (χ1v) is 14.0. The smallest absolute Gasteiger partial charge is 0.410 e. The van der Waals surface area contributed by atoms with Crippen LogP contribution in [0.4, 0.5) is 10.6 Å². The van der Waals surface area contributed by atoms with Crippen molar-refractivity contribution in [1.82, 2.24) is 19.8 Å². The Morgan fingerprint density at radius 1 is 1.12 bits per heavy atom. The number of rotatable bonds is 7. The van der Waals surface area contributed by atoms with Gasteiger partial charge in [0.1, 0.15) is 17.2 Å². The molecule has 0 radical (unpaired) electrons. The molecule has 1 aromatic heterocycles. The van der Waals surface area contributed by atoms with Crippen molar-refractivity contribution in [2.75, 3.05) is 38.8 Å². The summed E-state index contributed by atoms with van der Waals surface area (Å²) in [6.07, 6.45) is 0.519. The number of esters is 1. The molecule has 1 saturated heterocycles. The summed E-state index contributed by atoms with van der Waals surface area (Å²) >= 11 is 6.43. The third-order valence-corrected chi connectivity index (χ3v) is 7.42. The molecule has 0 saturated carbocycles. The Hall–Kier alpha value is -3.62.